The highest BCUT2D eigenvalue weighted by molar-refractivity contribution is 6.98. The number of fused-ring (bicyclic) bond motifs is 2. The second-order valence-electron chi connectivity index (χ2n) is 6.28. The van der Waals surface area contributed by atoms with Gasteiger partial charge in [0.15, 0.2) is 0 Å². The number of hydrogen-bond acceptors (Lipinski definition) is 2. The summed E-state index contributed by atoms with van der Waals surface area (Å²) in [6, 6.07) is 16.9. The molecule has 118 valence electrons. The Morgan fingerprint density at radius 2 is 1.27 bits per heavy atom. The fraction of sp³-hybridized carbons (Fsp3) is 0.368. The average Bonchev–Trinajstić information content (AvgIpc) is 2.48. The van der Waals surface area contributed by atoms with Gasteiger partial charge in [-0.15, -0.1) is 0 Å². The summed E-state index contributed by atoms with van der Waals surface area (Å²) in [5.41, 5.74) is 2.32. The van der Waals surface area contributed by atoms with Crippen molar-refractivity contribution in [1.82, 2.24) is 0 Å². The molecule has 0 aromatic heterocycles. The summed E-state index contributed by atoms with van der Waals surface area (Å²) in [7, 11) is -2.56. The molecule has 0 spiro atoms. The summed E-state index contributed by atoms with van der Waals surface area (Å²) < 4.78 is 0. The van der Waals surface area contributed by atoms with Crippen molar-refractivity contribution in [2.24, 2.45) is 0 Å². The molecular formula is C19H27NOSi. The van der Waals surface area contributed by atoms with Gasteiger partial charge in [0.25, 0.3) is 8.32 Å². The highest BCUT2D eigenvalue weighted by Crippen LogP contribution is 2.32. The second kappa shape index (κ2) is 6.67. The van der Waals surface area contributed by atoms with E-state index < -0.39 is 8.32 Å². The van der Waals surface area contributed by atoms with Crippen LogP contribution in [0.2, 0.25) is 6.55 Å². The maximum Gasteiger partial charge on any atom is 0.253 e. The maximum atomic E-state index is 11.1. The van der Waals surface area contributed by atoms with Crippen molar-refractivity contribution in [3.05, 3.63) is 48.5 Å². The van der Waals surface area contributed by atoms with Gasteiger partial charge in [-0.05, 0) is 42.9 Å². The summed E-state index contributed by atoms with van der Waals surface area (Å²) in [6.45, 7) is 10.6. The van der Waals surface area contributed by atoms with Gasteiger partial charge in [-0.1, -0.05) is 56.7 Å². The van der Waals surface area contributed by atoms with Crippen LogP contribution in [-0.2, 0) is 0 Å². The second-order valence-corrected chi connectivity index (χ2v) is 9.50. The summed E-state index contributed by atoms with van der Waals surface area (Å²) in [4.78, 5) is 13.4. The van der Waals surface area contributed by atoms with Crippen LogP contribution in [0, 0.1) is 0 Å². The van der Waals surface area contributed by atoms with Crippen LogP contribution in [0.5, 0.6) is 0 Å². The third-order valence-corrected chi connectivity index (χ3v) is 6.84. The van der Waals surface area contributed by atoms with E-state index in [1.807, 2.05) is 30.8 Å². The van der Waals surface area contributed by atoms with E-state index in [2.05, 4.69) is 56.9 Å². The van der Waals surface area contributed by atoms with E-state index >= 15 is 0 Å². The molecule has 1 aliphatic rings. The summed E-state index contributed by atoms with van der Waals surface area (Å²) in [5.74, 6) is 0. The molecule has 22 heavy (non-hydrogen) atoms. The average molecular weight is 314 g/mol. The van der Waals surface area contributed by atoms with Gasteiger partial charge in [-0.3, -0.25) is 0 Å². The predicted octanol–water partition coefficient (Wildman–Crippen LogP) is 3.64. The van der Waals surface area contributed by atoms with Gasteiger partial charge in [0, 0.05) is 17.4 Å². The molecule has 1 aliphatic heterocycles. The minimum atomic E-state index is -2.56. The minimum absolute atomic E-state index is 0.368. The van der Waals surface area contributed by atoms with Crippen molar-refractivity contribution >= 4 is 30.1 Å². The van der Waals surface area contributed by atoms with E-state index in [-0.39, 0.29) is 0 Å². The number of nitrogens with zero attached hydrogens (tertiary/aromatic N) is 1. The SMILES string of the molecule is CC(C)N1c2ccccc2[Si](C)(O)c2ccccc21.CCC. The Kier molecular flexibility index (Phi) is 5.09. The lowest BCUT2D eigenvalue weighted by atomic mass is 10.1. The fourth-order valence-electron chi connectivity index (χ4n) is 3.02. The van der Waals surface area contributed by atoms with E-state index in [1.54, 1.807) is 0 Å². The molecule has 1 heterocycles. The molecule has 2 aromatic carbocycles. The smallest absolute Gasteiger partial charge is 0.253 e. The lowest BCUT2D eigenvalue weighted by Gasteiger charge is -2.41. The molecule has 0 fully saturated rings. The standard InChI is InChI=1S/C16H19NOSi.C3H8/c1-12(2)17-13-8-4-6-10-15(13)19(3,18)16-11-7-5-9-14(16)17;1-3-2/h4-12,18H,1-3H3;3H2,1-2H3. The van der Waals surface area contributed by atoms with Gasteiger partial charge >= 0.3 is 0 Å². The molecule has 2 nitrogen and oxygen atoms in total. The first-order valence-corrected chi connectivity index (χ1v) is 10.6. The van der Waals surface area contributed by atoms with Crippen molar-refractivity contribution in [2.75, 3.05) is 4.90 Å². The van der Waals surface area contributed by atoms with Crippen LogP contribution < -0.4 is 15.3 Å². The van der Waals surface area contributed by atoms with Crippen molar-refractivity contribution in [2.45, 2.75) is 46.7 Å². The molecule has 0 radical (unpaired) electrons. The topological polar surface area (TPSA) is 23.5 Å². The number of benzene rings is 2. The van der Waals surface area contributed by atoms with Gasteiger partial charge in [-0.25, -0.2) is 0 Å². The molecule has 0 saturated carbocycles. The first-order chi connectivity index (χ1) is 10.4. The zero-order valence-electron chi connectivity index (χ0n) is 14.3. The van der Waals surface area contributed by atoms with Gasteiger partial charge in [0.2, 0.25) is 0 Å². The highest BCUT2D eigenvalue weighted by atomic mass is 28.4. The third-order valence-electron chi connectivity index (χ3n) is 3.89. The number of anilines is 2. The van der Waals surface area contributed by atoms with Crippen LogP contribution in [0.3, 0.4) is 0 Å². The molecule has 0 bridgehead atoms. The Morgan fingerprint density at radius 3 is 1.64 bits per heavy atom. The first-order valence-electron chi connectivity index (χ1n) is 8.15. The van der Waals surface area contributed by atoms with Crippen LogP contribution in [0.1, 0.15) is 34.1 Å². The Hall–Kier alpha value is -1.58. The Balaban J connectivity index is 0.000000545. The maximum absolute atomic E-state index is 11.1. The monoisotopic (exact) mass is 313 g/mol. The van der Waals surface area contributed by atoms with E-state index in [0.717, 1.165) is 21.7 Å². The van der Waals surface area contributed by atoms with Crippen LogP contribution >= 0.6 is 0 Å². The van der Waals surface area contributed by atoms with Gasteiger partial charge in [0.1, 0.15) is 0 Å². The van der Waals surface area contributed by atoms with Gasteiger partial charge < -0.3 is 9.70 Å². The van der Waals surface area contributed by atoms with E-state index in [4.69, 9.17) is 0 Å². The number of para-hydroxylation sites is 2. The van der Waals surface area contributed by atoms with Crippen molar-refractivity contribution in [3.8, 4) is 0 Å². The molecule has 2 aromatic rings. The number of rotatable bonds is 1. The molecule has 1 N–H and O–H groups in total. The first kappa shape index (κ1) is 16.8. The Morgan fingerprint density at radius 1 is 0.909 bits per heavy atom. The van der Waals surface area contributed by atoms with E-state index in [1.165, 1.54) is 6.42 Å². The van der Waals surface area contributed by atoms with E-state index in [0.29, 0.717) is 6.04 Å². The zero-order valence-corrected chi connectivity index (χ0v) is 15.3. The fourth-order valence-corrected chi connectivity index (χ4v) is 5.56. The van der Waals surface area contributed by atoms with E-state index in [9.17, 15) is 4.80 Å². The lowest BCUT2D eigenvalue weighted by Crippen LogP contribution is -2.62. The van der Waals surface area contributed by atoms with Gasteiger partial charge in [-0.2, -0.15) is 0 Å². The molecule has 3 rings (SSSR count). The minimum Gasteiger partial charge on any atom is -0.424 e. The highest BCUT2D eigenvalue weighted by Gasteiger charge is 2.41. The normalized spacial score (nSPS) is 14.8. The Bertz CT molecular complexity index is 587. The van der Waals surface area contributed by atoms with Crippen LogP contribution in [0.4, 0.5) is 11.4 Å². The molecule has 0 amide bonds. The van der Waals surface area contributed by atoms with Crippen LogP contribution in [0.15, 0.2) is 48.5 Å². The molecule has 3 heteroatoms. The Labute approximate surface area is 135 Å². The summed E-state index contributed by atoms with van der Waals surface area (Å²) >= 11 is 0. The number of hydrogen-bond donors (Lipinski definition) is 1. The van der Waals surface area contributed by atoms with Gasteiger partial charge in [0.05, 0.1) is 0 Å². The lowest BCUT2D eigenvalue weighted by molar-refractivity contribution is 0.574. The summed E-state index contributed by atoms with van der Waals surface area (Å²) in [5, 5.41) is 2.23. The third kappa shape index (κ3) is 2.83. The van der Waals surface area contributed by atoms with Crippen LogP contribution in [-0.4, -0.2) is 19.2 Å². The summed E-state index contributed by atoms with van der Waals surface area (Å²) in [6.07, 6.45) is 1.25. The quantitative estimate of drug-likeness (QED) is 0.813. The molecule has 0 atom stereocenters. The molecule has 0 saturated heterocycles. The molecule has 0 unspecified atom stereocenters. The van der Waals surface area contributed by atoms with Crippen molar-refractivity contribution in [3.63, 3.8) is 0 Å². The van der Waals surface area contributed by atoms with Crippen molar-refractivity contribution in [1.29, 1.82) is 0 Å². The zero-order chi connectivity index (χ0) is 16.3. The largest absolute Gasteiger partial charge is 0.424 e. The molecular weight excluding hydrogens is 286 g/mol. The predicted molar refractivity (Wildman–Crippen MR) is 99.2 cm³/mol. The molecule has 0 aliphatic carbocycles. The van der Waals surface area contributed by atoms with Crippen LogP contribution in [0.25, 0.3) is 0 Å². The van der Waals surface area contributed by atoms with Crippen molar-refractivity contribution < 1.29 is 4.80 Å².